The molecule has 0 bridgehead atoms. The monoisotopic (exact) mass is 332 g/mol. The van der Waals surface area contributed by atoms with Crippen molar-refractivity contribution in [1.82, 2.24) is 0 Å². The van der Waals surface area contributed by atoms with Crippen LogP contribution in [-0.2, 0) is 19.3 Å². The van der Waals surface area contributed by atoms with Gasteiger partial charge in [0, 0.05) is 4.78 Å². The molecule has 2 rings (SSSR count). The molecule has 1 saturated heterocycles. The maximum absolute atomic E-state index is 12.4. The highest BCUT2D eigenvalue weighted by Crippen LogP contribution is 2.37. The number of hydrogen-bond donors (Lipinski definition) is 0. The fourth-order valence-electron chi connectivity index (χ4n) is 1.83. The molecule has 0 N–H and O–H groups in total. The SMILES string of the molecule is CC1(C)OB(c2ccc(S(=O)(=O)[N+](C)(C)C)s2)OC1(C)C. The van der Waals surface area contributed by atoms with Gasteiger partial charge in [0.2, 0.25) is 0 Å². The second-order valence-electron chi connectivity index (χ2n) is 7.11. The molecule has 0 atom stereocenters. The summed E-state index contributed by atoms with van der Waals surface area (Å²) in [5.41, 5.74) is -0.860. The molecule has 0 radical (unpaired) electrons. The second kappa shape index (κ2) is 4.79. The van der Waals surface area contributed by atoms with Crippen LogP contribution < -0.4 is 4.78 Å². The zero-order valence-electron chi connectivity index (χ0n) is 13.6. The van der Waals surface area contributed by atoms with Crippen molar-refractivity contribution < 1.29 is 21.6 Å². The van der Waals surface area contributed by atoms with Crippen molar-refractivity contribution in [3.8, 4) is 0 Å². The van der Waals surface area contributed by atoms with E-state index in [0.29, 0.717) is 4.21 Å². The summed E-state index contributed by atoms with van der Waals surface area (Å²) in [4.78, 5) is 0. The number of thiophene rings is 1. The molecule has 0 spiro atoms. The quantitative estimate of drug-likeness (QED) is 0.621. The first-order valence-corrected chi connectivity index (χ1v) is 9.06. The Morgan fingerprint density at radius 3 is 1.95 bits per heavy atom. The Kier molecular flexibility index (Phi) is 3.87. The molecule has 1 aliphatic heterocycles. The van der Waals surface area contributed by atoms with E-state index in [1.165, 1.54) is 11.3 Å². The van der Waals surface area contributed by atoms with Crippen LogP contribution in [0.25, 0.3) is 0 Å². The highest BCUT2D eigenvalue weighted by Gasteiger charge is 2.52. The second-order valence-corrected chi connectivity index (χ2v) is 11.0. The standard InChI is InChI=1S/C13H23BNO4S2/c1-12(2)13(3,4)19-14(18-12)10-8-9-11(20-10)21(16,17)15(5,6)7/h8-9H,1-7H3/q+1. The van der Waals surface area contributed by atoms with Crippen molar-refractivity contribution in [3.63, 3.8) is 0 Å². The van der Waals surface area contributed by atoms with E-state index < -0.39 is 28.3 Å². The molecule has 0 saturated carbocycles. The summed E-state index contributed by atoms with van der Waals surface area (Å²) in [6, 6.07) is 3.40. The predicted molar refractivity (Wildman–Crippen MR) is 85.3 cm³/mol. The maximum atomic E-state index is 12.4. The van der Waals surface area contributed by atoms with Crippen LogP contribution in [-0.4, -0.2) is 51.8 Å². The highest BCUT2D eigenvalue weighted by atomic mass is 32.2. The van der Waals surface area contributed by atoms with Gasteiger partial charge in [0.25, 0.3) is 0 Å². The van der Waals surface area contributed by atoms with Crippen LogP contribution in [0, 0.1) is 0 Å². The number of quaternary nitrogens is 1. The predicted octanol–water partition coefficient (Wildman–Crippen LogP) is 1.44. The first-order valence-electron chi connectivity index (χ1n) is 6.80. The minimum atomic E-state index is -3.40. The Hall–Kier alpha value is -0.405. The molecule has 1 aliphatic rings. The highest BCUT2D eigenvalue weighted by molar-refractivity contribution is 7.88. The lowest BCUT2D eigenvalue weighted by molar-refractivity contribution is -0.738. The van der Waals surface area contributed by atoms with Crippen molar-refractivity contribution in [1.29, 1.82) is 0 Å². The van der Waals surface area contributed by atoms with Gasteiger partial charge in [-0.3, -0.25) is 0 Å². The molecule has 1 aromatic heterocycles. The number of sulfonamides is 1. The number of hydrogen-bond acceptors (Lipinski definition) is 5. The van der Waals surface area contributed by atoms with Crippen molar-refractivity contribution in [2.24, 2.45) is 0 Å². The third-order valence-corrected chi connectivity index (χ3v) is 7.93. The van der Waals surface area contributed by atoms with Gasteiger partial charge in [-0.1, -0.05) is 6.07 Å². The molecule has 5 nitrogen and oxygen atoms in total. The molecule has 0 aliphatic carbocycles. The van der Waals surface area contributed by atoms with Gasteiger partial charge in [0.1, 0.15) is 0 Å². The average molecular weight is 332 g/mol. The fourth-order valence-corrected chi connectivity index (χ4v) is 4.69. The minimum absolute atomic E-state index is 0.143. The van der Waals surface area contributed by atoms with Crippen LogP contribution in [0.3, 0.4) is 0 Å². The molecular weight excluding hydrogens is 309 g/mol. The Morgan fingerprint density at radius 2 is 1.52 bits per heavy atom. The lowest BCUT2D eigenvalue weighted by atomic mass is 9.88. The van der Waals surface area contributed by atoms with Gasteiger partial charge in [-0.2, -0.15) is 8.42 Å². The number of rotatable bonds is 3. The van der Waals surface area contributed by atoms with Gasteiger partial charge < -0.3 is 9.31 Å². The molecule has 0 aromatic carbocycles. The van der Waals surface area contributed by atoms with Gasteiger partial charge in [-0.15, -0.1) is 11.3 Å². The van der Waals surface area contributed by atoms with Crippen molar-refractivity contribution in [2.75, 3.05) is 21.1 Å². The molecule has 21 heavy (non-hydrogen) atoms. The third kappa shape index (κ3) is 2.79. The van der Waals surface area contributed by atoms with Crippen molar-refractivity contribution in [2.45, 2.75) is 43.1 Å². The lowest BCUT2D eigenvalue weighted by Crippen LogP contribution is -2.41. The largest absolute Gasteiger partial charge is 0.505 e. The Labute approximate surface area is 131 Å². The van der Waals surface area contributed by atoms with Crippen LogP contribution in [0.2, 0.25) is 0 Å². The summed E-state index contributed by atoms with van der Waals surface area (Å²) in [5.74, 6) is 0. The van der Waals surface area contributed by atoms with E-state index in [9.17, 15) is 8.42 Å². The zero-order valence-corrected chi connectivity index (χ0v) is 15.3. The Morgan fingerprint density at radius 1 is 1.05 bits per heavy atom. The van der Waals surface area contributed by atoms with Crippen LogP contribution in [0.15, 0.2) is 16.3 Å². The van der Waals surface area contributed by atoms with Gasteiger partial charge in [-0.05, 0) is 33.8 Å². The first kappa shape index (κ1) is 17.0. The maximum Gasteiger partial charge on any atom is 0.505 e. The molecule has 0 amide bonds. The molecule has 0 unspecified atom stereocenters. The van der Waals surface area contributed by atoms with E-state index >= 15 is 0 Å². The summed E-state index contributed by atoms with van der Waals surface area (Å²) in [6.45, 7) is 7.91. The Balaban J connectivity index is 2.32. The molecule has 1 aromatic rings. The summed E-state index contributed by atoms with van der Waals surface area (Å²) in [5, 5.41) is 0. The van der Waals surface area contributed by atoms with Crippen LogP contribution in [0.4, 0.5) is 0 Å². The number of nitrogens with zero attached hydrogens (tertiary/aromatic N) is 1. The smallest absolute Gasteiger partial charge is 0.399 e. The average Bonchev–Trinajstić information content (AvgIpc) is 2.81. The third-order valence-electron chi connectivity index (χ3n) is 4.06. The van der Waals surface area contributed by atoms with E-state index in [0.717, 1.165) is 4.78 Å². The van der Waals surface area contributed by atoms with E-state index in [2.05, 4.69) is 0 Å². The van der Waals surface area contributed by atoms with E-state index in [-0.39, 0.29) is 3.89 Å². The van der Waals surface area contributed by atoms with Gasteiger partial charge >= 0.3 is 17.1 Å². The molecular formula is C13H23BNO4S2+. The minimum Gasteiger partial charge on any atom is -0.399 e. The molecule has 118 valence electrons. The van der Waals surface area contributed by atoms with Crippen molar-refractivity contribution >= 4 is 33.3 Å². The van der Waals surface area contributed by atoms with Gasteiger partial charge in [0.05, 0.1) is 32.3 Å². The van der Waals surface area contributed by atoms with Crippen molar-refractivity contribution in [3.05, 3.63) is 12.1 Å². The summed E-state index contributed by atoms with van der Waals surface area (Å²) >= 11 is 1.21. The van der Waals surface area contributed by atoms with E-state index in [1.807, 2.05) is 27.7 Å². The summed E-state index contributed by atoms with van der Waals surface area (Å²) in [7, 11) is 1.01. The van der Waals surface area contributed by atoms with E-state index in [4.69, 9.17) is 9.31 Å². The van der Waals surface area contributed by atoms with Gasteiger partial charge in [0.15, 0.2) is 4.21 Å². The fraction of sp³-hybridized carbons (Fsp3) is 0.692. The molecule has 2 heterocycles. The normalized spacial score (nSPS) is 21.8. The lowest BCUT2D eigenvalue weighted by Gasteiger charge is -2.32. The molecule has 1 fully saturated rings. The molecule has 8 heteroatoms. The van der Waals surface area contributed by atoms with Crippen LogP contribution in [0.1, 0.15) is 27.7 Å². The van der Waals surface area contributed by atoms with Crippen LogP contribution >= 0.6 is 11.3 Å². The summed E-state index contributed by atoms with van der Waals surface area (Å²) in [6.07, 6.45) is 0. The summed E-state index contributed by atoms with van der Waals surface area (Å²) < 4.78 is 37.7. The topological polar surface area (TPSA) is 52.6 Å². The van der Waals surface area contributed by atoms with Gasteiger partial charge in [-0.25, -0.2) is 3.89 Å². The van der Waals surface area contributed by atoms with E-state index in [1.54, 1.807) is 33.3 Å². The zero-order chi connectivity index (χ0) is 16.3. The van der Waals surface area contributed by atoms with Crippen LogP contribution in [0.5, 0.6) is 0 Å². The Bertz CT molecular complexity index is 627. The first-order chi connectivity index (χ1) is 9.28.